The predicted molar refractivity (Wildman–Crippen MR) is 69.2 cm³/mol. The van der Waals surface area contributed by atoms with E-state index in [0.29, 0.717) is 18.4 Å². The van der Waals surface area contributed by atoms with Gasteiger partial charge in [0.25, 0.3) is 0 Å². The zero-order valence-corrected chi connectivity index (χ0v) is 11.4. The van der Waals surface area contributed by atoms with E-state index in [9.17, 15) is 8.42 Å². The first-order chi connectivity index (χ1) is 7.07. The van der Waals surface area contributed by atoms with E-state index < -0.39 is 10.0 Å². The van der Waals surface area contributed by atoms with Gasteiger partial charge < -0.3 is 5.73 Å². The molecule has 1 aliphatic rings. The lowest BCUT2D eigenvalue weighted by atomic mass is 9.82. The molecule has 16 heavy (non-hydrogen) atoms. The summed E-state index contributed by atoms with van der Waals surface area (Å²) in [5, 5.41) is 0. The number of hydrogen-bond acceptors (Lipinski definition) is 3. The Morgan fingerprint density at radius 2 is 1.69 bits per heavy atom. The van der Waals surface area contributed by atoms with Crippen molar-refractivity contribution in [2.75, 3.05) is 18.8 Å². The van der Waals surface area contributed by atoms with Crippen molar-refractivity contribution in [3.05, 3.63) is 0 Å². The summed E-state index contributed by atoms with van der Waals surface area (Å²) < 4.78 is 25.1. The summed E-state index contributed by atoms with van der Waals surface area (Å²) in [6, 6.07) is 0. The molecule has 1 saturated carbocycles. The molecule has 1 rings (SSSR count). The molecule has 3 N–H and O–H groups in total. The third-order valence-electron chi connectivity index (χ3n) is 3.27. The average molecular weight is 271 g/mol. The average Bonchev–Trinajstić information content (AvgIpc) is 2.27. The largest absolute Gasteiger partial charge is 0.330 e. The highest BCUT2D eigenvalue weighted by Gasteiger charge is 2.21. The van der Waals surface area contributed by atoms with E-state index in [4.69, 9.17) is 5.73 Å². The van der Waals surface area contributed by atoms with Crippen LogP contribution in [-0.4, -0.2) is 27.3 Å². The molecule has 0 radical (unpaired) electrons. The number of rotatable bonds is 5. The van der Waals surface area contributed by atoms with Crippen LogP contribution in [0.4, 0.5) is 0 Å². The highest BCUT2D eigenvalue weighted by molar-refractivity contribution is 7.89. The molecule has 0 aromatic carbocycles. The molecule has 0 aromatic rings. The Labute approximate surface area is 105 Å². The molecule has 98 valence electrons. The van der Waals surface area contributed by atoms with Crippen LogP contribution in [0.25, 0.3) is 0 Å². The fraction of sp³-hybridized carbons (Fsp3) is 1.00. The standard InChI is InChI=1S/C10H22N2O2S.ClH/c1-2-15(13,14)12-8-10-5-3-9(7-11)4-6-10;/h9-10,12H,2-8,11H2,1H3;1H. The fourth-order valence-electron chi connectivity index (χ4n) is 2.02. The molecule has 0 heterocycles. The van der Waals surface area contributed by atoms with Crippen LogP contribution in [0.2, 0.25) is 0 Å². The van der Waals surface area contributed by atoms with Gasteiger partial charge in [-0.15, -0.1) is 12.4 Å². The zero-order valence-electron chi connectivity index (χ0n) is 9.81. The molecule has 0 amide bonds. The lowest BCUT2D eigenvalue weighted by Crippen LogP contribution is -2.33. The molecule has 4 nitrogen and oxygen atoms in total. The van der Waals surface area contributed by atoms with Crippen LogP contribution in [0.1, 0.15) is 32.6 Å². The summed E-state index contributed by atoms with van der Waals surface area (Å²) in [5.74, 6) is 1.34. The van der Waals surface area contributed by atoms with Crippen LogP contribution in [0, 0.1) is 11.8 Å². The number of hydrogen-bond donors (Lipinski definition) is 2. The molecule has 0 atom stereocenters. The Balaban J connectivity index is 0.00000225. The van der Waals surface area contributed by atoms with Gasteiger partial charge in [0.15, 0.2) is 0 Å². The first-order valence-electron chi connectivity index (χ1n) is 5.74. The second kappa shape index (κ2) is 7.48. The van der Waals surface area contributed by atoms with Crippen molar-refractivity contribution in [2.45, 2.75) is 32.6 Å². The minimum Gasteiger partial charge on any atom is -0.330 e. The van der Waals surface area contributed by atoms with Crippen LogP contribution >= 0.6 is 12.4 Å². The van der Waals surface area contributed by atoms with E-state index in [2.05, 4.69) is 4.72 Å². The van der Waals surface area contributed by atoms with Crippen LogP contribution in [0.3, 0.4) is 0 Å². The second-order valence-corrected chi connectivity index (χ2v) is 6.47. The molecular weight excluding hydrogens is 248 g/mol. The van der Waals surface area contributed by atoms with E-state index in [0.717, 1.165) is 32.2 Å². The second-order valence-electron chi connectivity index (χ2n) is 4.37. The summed E-state index contributed by atoms with van der Waals surface area (Å²) in [4.78, 5) is 0. The molecular formula is C10H23ClN2O2S. The van der Waals surface area contributed by atoms with Crippen molar-refractivity contribution in [2.24, 2.45) is 17.6 Å². The van der Waals surface area contributed by atoms with Crippen molar-refractivity contribution in [1.82, 2.24) is 4.72 Å². The number of nitrogens with one attached hydrogen (secondary N) is 1. The Kier molecular flexibility index (Phi) is 7.55. The number of nitrogens with two attached hydrogens (primary N) is 1. The summed E-state index contributed by atoms with van der Waals surface area (Å²) >= 11 is 0. The highest BCUT2D eigenvalue weighted by atomic mass is 35.5. The van der Waals surface area contributed by atoms with Gasteiger partial charge in [-0.05, 0) is 51.0 Å². The maximum Gasteiger partial charge on any atom is 0.211 e. The van der Waals surface area contributed by atoms with Crippen molar-refractivity contribution in [3.63, 3.8) is 0 Å². The van der Waals surface area contributed by atoms with Gasteiger partial charge in [-0.2, -0.15) is 0 Å². The van der Waals surface area contributed by atoms with E-state index in [1.54, 1.807) is 6.92 Å². The van der Waals surface area contributed by atoms with Gasteiger partial charge in [-0.25, -0.2) is 13.1 Å². The van der Waals surface area contributed by atoms with Gasteiger partial charge >= 0.3 is 0 Å². The zero-order chi connectivity index (χ0) is 11.3. The molecule has 0 aliphatic heterocycles. The Morgan fingerprint density at radius 3 is 2.12 bits per heavy atom. The molecule has 6 heteroatoms. The maximum absolute atomic E-state index is 11.2. The van der Waals surface area contributed by atoms with E-state index in [1.807, 2.05) is 0 Å². The summed E-state index contributed by atoms with van der Waals surface area (Å²) in [7, 11) is -3.01. The topological polar surface area (TPSA) is 72.2 Å². The van der Waals surface area contributed by atoms with Crippen molar-refractivity contribution >= 4 is 22.4 Å². The van der Waals surface area contributed by atoms with Gasteiger partial charge in [0, 0.05) is 6.54 Å². The smallest absolute Gasteiger partial charge is 0.211 e. The van der Waals surface area contributed by atoms with Gasteiger partial charge in [0.2, 0.25) is 10.0 Å². The van der Waals surface area contributed by atoms with E-state index >= 15 is 0 Å². The minimum atomic E-state index is -3.01. The van der Waals surface area contributed by atoms with Crippen LogP contribution < -0.4 is 10.5 Å². The molecule has 0 bridgehead atoms. The molecule has 0 aromatic heterocycles. The van der Waals surface area contributed by atoms with Gasteiger partial charge in [0.1, 0.15) is 0 Å². The van der Waals surface area contributed by atoms with Crippen molar-refractivity contribution in [3.8, 4) is 0 Å². The Bertz CT molecular complexity index is 275. The summed E-state index contributed by atoms with van der Waals surface area (Å²) in [5.41, 5.74) is 5.60. The normalized spacial score (nSPS) is 26.1. The number of halogens is 1. The predicted octanol–water partition coefficient (Wildman–Crippen LogP) is 1.11. The first kappa shape index (κ1) is 16.2. The summed E-state index contributed by atoms with van der Waals surface area (Å²) in [6.07, 6.45) is 4.51. The monoisotopic (exact) mass is 270 g/mol. The minimum absolute atomic E-state index is 0. The summed E-state index contributed by atoms with van der Waals surface area (Å²) in [6.45, 7) is 3.04. The Hall–Kier alpha value is 0.160. The molecule has 1 fully saturated rings. The van der Waals surface area contributed by atoms with Crippen molar-refractivity contribution < 1.29 is 8.42 Å². The van der Waals surface area contributed by atoms with Gasteiger partial charge in [-0.1, -0.05) is 0 Å². The van der Waals surface area contributed by atoms with Crippen molar-refractivity contribution in [1.29, 1.82) is 0 Å². The Morgan fingerprint density at radius 1 is 1.19 bits per heavy atom. The highest BCUT2D eigenvalue weighted by Crippen LogP contribution is 2.27. The molecule has 0 unspecified atom stereocenters. The van der Waals surface area contributed by atoms with Gasteiger partial charge in [0.05, 0.1) is 5.75 Å². The lowest BCUT2D eigenvalue weighted by Gasteiger charge is -2.27. The van der Waals surface area contributed by atoms with E-state index in [1.165, 1.54) is 0 Å². The van der Waals surface area contributed by atoms with Crippen LogP contribution in [-0.2, 0) is 10.0 Å². The third-order valence-corrected chi connectivity index (χ3v) is 4.64. The maximum atomic E-state index is 11.2. The molecule has 0 saturated heterocycles. The quantitative estimate of drug-likeness (QED) is 0.786. The van der Waals surface area contributed by atoms with Crippen LogP contribution in [0.5, 0.6) is 0 Å². The molecule has 1 aliphatic carbocycles. The third kappa shape index (κ3) is 5.48. The fourth-order valence-corrected chi connectivity index (χ4v) is 2.71. The SMILES string of the molecule is CCS(=O)(=O)NCC1CCC(CN)CC1.Cl. The lowest BCUT2D eigenvalue weighted by molar-refractivity contribution is 0.280. The van der Waals surface area contributed by atoms with Crippen LogP contribution in [0.15, 0.2) is 0 Å². The molecule has 0 spiro atoms. The van der Waals surface area contributed by atoms with Gasteiger partial charge in [-0.3, -0.25) is 0 Å². The number of sulfonamides is 1. The van der Waals surface area contributed by atoms with E-state index in [-0.39, 0.29) is 18.2 Å². The first-order valence-corrected chi connectivity index (χ1v) is 7.40.